The molecule has 2 rings (SSSR count). The van der Waals surface area contributed by atoms with Crippen molar-refractivity contribution in [2.75, 3.05) is 6.61 Å². The third kappa shape index (κ3) is 6.02. The predicted octanol–water partition coefficient (Wildman–Crippen LogP) is 4.19. The summed E-state index contributed by atoms with van der Waals surface area (Å²) in [6.07, 6.45) is 3.70. The van der Waals surface area contributed by atoms with Gasteiger partial charge in [0.2, 0.25) is 0 Å². The Morgan fingerprint density at radius 2 is 1.61 bits per heavy atom. The Morgan fingerprint density at radius 3 is 2.14 bits per heavy atom. The Morgan fingerprint density at radius 1 is 0.964 bits per heavy atom. The zero-order valence-corrected chi connectivity index (χ0v) is 15.9. The Bertz CT molecular complexity index is 883. The van der Waals surface area contributed by atoms with Crippen LogP contribution in [0.25, 0.3) is 0 Å². The number of benzene rings is 2. The molecule has 0 bridgehead atoms. The molecule has 0 aliphatic heterocycles. The van der Waals surface area contributed by atoms with Crippen LogP contribution in [0.4, 0.5) is 0 Å². The predicted molar refractivity (Wildman–Crippen MR) is 107 cm³/mol. The van der Waals surface area contributed by atoms with Gasteiger partial charge in [0.25, 0.3) is 0 Å². The van der Waals surface area contributed by atoms with Crippen molar-refractivity contribution >= 4 is 11.6 Å². The van der Waals surface area contributed by atoms with Crippen LogP contribution in [0.2, 0.25) is 0 Å². The van der Waals surface area contributed by atoms with E-state index < -0.39 is 0 Å². The molecule has 0 aliphatic carbocycles. The molecule has 0 amide bonds. The molecule has 0 spiro atoms. The van der Waals surface area contributed by atoms with Gasteiger partial charge in [-0.05, 0) is 50.1 Å². The minimum absolute atomic E-state index is 0.0237. The number of hydrogen-bond donors (Lipinski definition) is 3. The number of ether oxygens (including phenoxy) is 1. The van der Waals surface area contributed by atoms with Gasteiger partial charge in [0.1, 0.15) is 35.2 Å². The minimum Gasteiger partial charge on any atom is -0.507 e. The number of ketones is 2. The molecule has 0 aliphatic rings. The maximum Gasteiger partial charge on any atom is 0.167 e. The lowest BCUT2D eigenvalue weighted by Gasteiger charge is -2.07. The third-order valence-electron chi connectivity index (χ3n) is 3.67. The van der Waals surface area contributed by atoms with Crippen LogP contribution in [-0.4, -0.2) is 33.5 Å². The largest absolute Gasteiger partial charge is 0.507 e. The number of rotatable bonds is 7. The van der Waals surface area contributed by atoms with E-state index in [1.807, 2.05) is 0 Å². The van der Waals surface area contributed by atoms with Gasteiger partial charge in [0.05, 0.1) is 5.56 Å². The Hall–Kier alpha value is -3.54. The van der Waals surface area contributed by atoms with Gasteiger partial charge >= 0.3 is 0 Å². The molecular formula is C22H24O6. The number of phenolic OH excluding ortho intramolecular Hbond substituents is 3. The SMILES string of the molecule is C=CCOc1ccc(O)c(C(C)=O)c1.C=CCc1ccc(O)c(C(C)=O)c1O. The summed E-state index contributed by atoms with van der Waals surface area (Å²) in [5.41, 5.74) is 0.832. The average Bonchev–Trinajstić information content (AvgIpc) is 2.63. The molecule has 2 aromatic carbocycles. The fourth-order valence-electron chi connectivity index (χ4n) is 2.33. The van der Waals surface area contributed by atoms with Gasteiger partial charge in [-0.1, -0.05) is 24.8 Å². The molecule has 2 aromatic rings. The summed E-state index contributed by atoms with van der Waals surface area (Å²) in [5.74, 6) is -0.367. The van der Waals surface area contributed by atoms with E-state index in [1.165, 1.54) is 32.0 Å². The van der Waals surface area contributed by atoms with E-state index in [0.29, 0.717) is 24.3 Å². The third-order valence-corrected chi connectivity index (χ3v) is 3.67. The molecule has 0 saturated heterocycles. The van der Waals surface area contributed by atoms with Crippen molar-refractivity contribution in [2.24, 2.45) is 0 Å². The fraction of sp³-hybridized carbons (Fsp3) is 0.182. The second kappa shape index (κ2) is 10.6. The molecule has 0 aromatic heterocycles. The van der Waals surface area contributed by atoms with Gasteiger partial charge in [-0.2, -0.15) is 0 Å². The van der Waals surface area contributed by atoms with Crippen molar-refractivity contribution in [3.8, 4) is 23.0 Å². The van der Waals surface area contributed by atoms with Crippen molar-refractivity contribution in [3.63, 3.8) is 0 Å². The van der Waals surface area contributed by atoms with Crippen LogP contribution in [0.3, 0.4) is 0 Å². The molecule has 0 heterocycles. The van der Waals surface area contributed by atoms with Crippen molar-refractivity contribution in [1.82, 2.24) is 0 Å². The van der Waals surface area contributed by atoms with Crippen LogP contribution in [0.5, 0.6) is 23.0 Å². The maximum absolute atomic E-state index is 11.1. The normalized spacial score (nSPS) is 9.64. The van der Waals surface area contributed by atoms with Crippen LogP contribution in [0, 0.1) is 0 Å². The fourth-order valence-corrected chi connectivity index (χ4v) is 2.33. The Labute approximate surface area is 164 Å². The summed E-state index contributed by atoms with van der Waals surface area (Å²) < 4.78 is 5.22. The minimum atomic E-state index is -0.356. The highest BCUT2D eigenvalue weighted by Gasteiger charge is 2.15. The highest BCUT2D eigenvalue weighted by molar-refractivity contribution is 5.99. The standard InChI is InChI=1S/2C11H12O3/c1-3-6-14-9-4-5-11(13)10(7-9)8(2)12;1-3-4-8-5-6-9(13)10(7(2)12)11(8)14/h3-5,7,13H,1,6H2,2H3;3,5-6,13-14H,1,4H2,2H3. The molecule has 0 radical (unpaired) electrons. The van der Waals surface area contributed by atoms with E-state index in [1.54, 1.807) is 24.3 Å². The second-order valence-electron chi connectivity index (χ2n) is 5.85. The van der Waals surface area contributed by atoms with Crippen molar-refractivity contribution in [1.29, 1.82) is 0 Å². The monoisotopic (exact) mass is 384 g/mol. The lowest BCUT2D eigenvalue weighted by Crippen LogP contribution is -1.97. The van der Waals surface area contributed by atoms with Gasteiger partial charge < -0.3 is 20.1 Å². The maximum atomic E-state index is 11.1. The topological polar surface area (TPSA) is 104 Å². The molecule has 0 fully saturated rings. The Kier molecular flexibility index (Phi) is 8.49. The van der Waals surface area contributed by atoms with Gasteiger partial charge in [0, 0.05) is 0 Å². The van der Waals surface area contributed by atoms with Gasteiger partial charge in [-0.25, -0.2) is 0 Å². The molecular weight excluding hydrogens is 360 g/mol. The lowest BCUT2D eigenvalue weighted by atomic mass is 10.0. The molecule has 0 atom stereocenters. The van der Waals surface area contributed by atoms with Crippen LogP contribution in [0.1, 0.15) is 40.1 Å². The van der Waals surface area contributed by atoms with Crippen LogP contribution >= 0.6 is 0 Å². The summed E-state index contributed by atoms with van der Waals surface area (Å²) in [6.45, 7) is 10.1. The molecule has 3 N–H and O–H groups in total. The molecule has 0 unspecified atom stereocenters. The number of carbonyl (C=O) groups is 2. The van der Waals surface area contributed by atoms with E-state index in [-0.39, 0.29) is 39.9 Å². The Balaban J connectivity index is 0.000000280. The number of allylic oxidation sites excluding steroid dienone is 1. The summed E-state index contributed by atoms with van der Waals surface area (Å²) in [4.78, 5) is 22.2. The molecule has 6 heteroatoms. The van der Waals surface area contributed by atoms with Crippen LogP contribution in [-0.2, 0) is 6.42 Å². The average molecular weight is 384 g/mol. The number of phenols is 3. The van der Waals surface area contributed by atoms with Crippen LogP contribution < -0.4 is 4.74 Å². The van der Waals surface area contributed by atoms with Gasteiger partial charge in [0.15, 0.2) is 11.6 Å². The molecule has 0 saturated carbocycles. The van der Waals surface area contributed by atoms with Crippen LogP contribution in [0.15, 0.2) is 55.6 Å². The number of carbonyl (C=O) groups excluding carboxylic acids is 2. The van der Waals surface area contributed by atoms with Crippen molar-refractivity contribution in [3.05, 3.63) is 72.3 Å². The number of aromatic hydroxyl groups is 3. The summed E-state index contributed by atoms with van der Waals surface area (Å²) >= 11 is 0. The molecule has 148 valence electrons. The quantitative estimate of drug-likeness (QED) is 0.488. The second-order valence-corrected chi connectivity index (χ2v) is 5.85. The highest BCUT2D eigenvalue weighted by Crippen LogP contribution is 2.31. The van der Waals surface area contributed by atoms with E-state index in [4.69, 9.17) is 4.74 Å². The first-order valence-electron chi connectivity index (χ1n) is 8.46. The first-order valence-corrected chi connectivity index (χ1v) is 8.46. The van der Waals surface area contributed by atoms with E-state index in [2.05, 4.69) is 13.2 Å². The van der Waals surface area contributed by atoms with Gasteiger partial charge in [-0.3, -0.25) is 9.59 Å². The number of Topliss-reactive ketones (excluding diaryl/α,β-unsaturated/α-hetero) is 2. The van der Waals surface area contributed by atoms with Crippen molar-refractivity contribution in [2.45, 2.75) is 20.3 Å². The van der Waals surface area contributed by atoms with E-state index >= 15 is 0 Å². The zero-order chi connectivity index (χ0) is 21.3. The summed E-state index contributed by atoms with van der Waals surface area (Å²) in [5, 5.41) is 28.3. The lowest BCUT2D eigenvalue weighted by molar-refractivity contribution is 0.1000. The smallest absolute Gasteiger partial charge is 0.167 e. The first kappa shape index (κ1) is 22.5. The molecule has 28 heavy (non-hydrogen) atoms. The van der Waals surface area contributed by atoms with Gasteiger partial charge in [-0.15, -0.1) is 6.58 Å². The number of hydrogen-bond acceptors (Lipinski definition) is 6. The highest BCUT2D eigenvalue weighted by atomic mass is 16.5. The molecule has 6 nitrogen and oxygen atoms in total. The first-order chi connectivity index (χ1) is 13.2. The van der Waals surface area contributed by atoms with Crippen molar-refractivity contribution < 1.29 is 29.6 Å². The van der Waals surface area contributed by atoms with E-state index in [0.717, 1.165) is 0 Å². The zero-order valence-electron chi connectivity index (χ0n) is 15.9. The summed E-state index contributed by atoms with van der Waals surface area (Å²) in [6, 6.07) is 7.52. The summed E-state index contributed by atoms with van der Waals surface area (Å²) in [7, 11) is 0. The van der Waals surface area contributed by atoms with E-state index in [9.17, 15) is 24.9 Å².